The van der Waals surface area contributed by atoms with Gasteiger partial charge >= 0.3 is 0 Å². The van der Waals surface area contributed by atoms with E-state index in [9.17, 15) is 5.11 Å². The first-order valence-electron chi connectivity index (χ1n) is 8.79. The van der Waals surface area contributed by atoms with Crippen LogP contribution in [0.5, 0.6) is 0 Å². The highest BCUT2D eigenvalue weighted by Gasteiger charge is 2.22. The van der Waals surface area contributed by atoms with E-state index in [0.29, 0.717) is 5.69 Å². The molecule has 0 aliphatic carbocycles. The van der Waals surface area contributed by atoms with Gasteiger partial charge in [0.15, 0.2) is 0 Å². The molecule has 0 fully saturated rings. The summed E-state index contributed by atoms with van der Waals surface area (Å²) < 4.78 is 2.88. The van der Waals surface area contributed by atoms with Crippen LogP contribution in [0.25, 0.3) is 17.1 Å². The van der Waals surface area contributed by atoms with Crippen molar-refractivity contribution in [2.75, 3.05) is 0 Å². The average Bonchev–Trinajstić information content (AvgIpc) is 3.00. The van der Waals surface area contributed by atoms with Crippen LogP contribution in [0, 0.1) is 0 Å². The summed E-state index contributed by atoms with van der Waals surface area (Å²) in [4.78, 5) is 4.80. The molecule has 0 aliphatic rings. The van der Waals surface area contributed by atoms with Crippen LogP contribution in [-0.4, -0.2) is 14.7 Å². The van der Waals surface area contributed by atoms with Crippen molar-refractivity contribution in [1.29, 1.82) is 0 Å². The molecule has 3 aromatic rings. The normalized spacial score (nSPS) is 12.3. The first kappa shape index (κ1) is 17.9. The molecule has 0 radical (unpaired) electrons. The van der Waals surface area contributed by atoms with Crippen LogP contribution in [0.1, 0.15) is 44.4 Å². The van der Waals surface area contributed by atoms with Gasteiger partial charge in [-0.25, -0.2) is 4.98 Å². The molecule has 0 spiro atoms. The second kappa shape index (κ2) is 8.45. The zero-order valence-electron chi connectivity index (χ0n) is 14.4. The molecule has 1 aromatic heterocycles. The second-order valence-electron chi connectivity index (χ2n) is 6.16. The maximum absolute atomic E-state index is 10.7. The minimum atomic E-state index is -0.562. The molecular weight excluding hydrogens is 376 g/mol. The van der Waals surface area contributed by atoms with Crippen molar-refractivity contribution in [1.82, 2.24) is 9.55 Å². The zero-order valence-corrected chi connectivity index (χ0v) is 16.0. The van der Waals surface area contributed by atoms with Gasteiger partial charge in [0, 0.05) is 11.3 Å². The smallest absolute Gasteiger partial charge is 0.145 e. The van der Waals surface area contributed by atoms with E-state index in [0.717, 1.165) is 47.4 Å². The van der Waals surface area contributed by atoms with E-state index in [1.807, 2.05) is 60.7 Å². The van der Waals surface area contributed by atoms with Crippen LogP contribution in [0.2, 0.25) is 0 Å². The Morgan fingerprint density at radius 3 is 2.28 bits per heavy atom. The molecule has 1 heterocycles. The van der Waals surface area contributed by atoms with E-state index in [1.54, 1.807) is 0 Å². The van der Waals surface area contributed by atoms with Gasteiger partial charge in [-0.1, -0.05) is 74.7 Å². The lowest BCUT2D eigenvalue weighted by Crippen LogP contribution is -2.00. The fourth-order valence-electron chi connectivity index (χ4n) is 2.95. The van der Waals surface area contributed by atoms with Crippen LogP contribution in [0.15, 0.2) is 65.3 Å². The molecule has 25 heavy (non-hydrogen) atoms. The number of hydrogen-bond acceptors (Lipinski definition) is 2. The predicted molar refractivity (Wildman–Crippen MR) is 106 cm³/mol. The highest BCUT2D eigenvalue weighted by Crippen LogP contribution is 2.34. The molecule has 0 unspecified atom stereocenters. The number of aromatic nitrogens is 2. The lowest BCUT2D eigenvalue weighted by atomic mass is 10.1. The van der Waals surface area contributed by atoms with E-state index >= 15 is 0 Å². The fraction of sp³-hybridized carbons (Fsp3) is 0.286. The first-order valence-corrected chi connectivity index (χ1v) is 9.58. The van der Waals surface area contributed by atoms with Crippen molar-refractivity contribution in [2.24, 2.45) is 0 Å². The van der Waals surface area contributed by atoms with Crippen LogP contribution >= 0.6 is 15.9 Å². The van der Waals surface area contributed by atoms with Gasteiger partial charge in [-0.15, -0.1) is 0 Å². The third-order valence-corrected chi connectivity index (χ3v) is 5.05. The van der Waals surface area contributed by atoms with Crippen molar-refractivity contribution in [2.45, 2.75) is 38.7 Å². The lowest BCUT2D eigenvalue weighted by molar-refractivity contribution is 0.158. The van der Waals surface area contributed by atoms with E-state index in [4.69, 9.17) is 4.98 Å². The standard InChI is InChI=1S/C21H23BrN2O/c1-2-3-6-15-18(25)19-20(22)24(17-13-9-5-10-14-17)21(23-19)16-11-7-4-8-12-16/h4-5,7-14,18,25H,2-3,6,15H2,1H3/t18-/m0/s1. The van der Waals surface area contributed by atoms with E-state index in [-0.39, 0.29) is 0 Å². The number of hydrogen-bond donors (Lipinski definition) is 1. The summed E-state index contributed by atoms with van der Waals surface area (Å²) >= 11 is 3.69. The molecule has 3 rings (SSSR count). The minimum Gasteiger partial charge on any atom is -0.387 e. The topological polar surface area (TPSA) is 38.1 Å². The molecule has 4 heteroatoms. The first-order chi connectivity index (χ1) is 12.2. The lowest BCUT2D eigenvalue weighted by Gasteiger charge is -2.10. The minimum absolute atomic E-state index is 0.562. The van der Waals surface area contributed by atoms with Crippen LogP contribution in [0.3, 0.4) is 0 Å². The second-order valence-corrected chi connectivity index (χ2v) is 6.91. The van der Waals surface area contributed by atoms with E-state index in [1.165, 1.54) is 0 Å². The highest BCUT2D eigenvalue weighted by atomic mass is 79.9. The fourth-order valence-corrected chi connectivity index (χ4v) is 3.67. The van der Waals surface area contributed by atoms with Gasteiger partial charge in [0.05, 0.1) is 6.10 Å². The SMILES string of the molecule is CCCCC[C@H](O)c1nc(-c2ccccc2)n(-c2ccccc2)c1Br. The third kappa shape index (κ3) is 4.02. The van der Waals surface area contributed by atoms with Gasteiger partial charge in [-0.3, -0.25) is 4.57 Å². The van der Waals surface area contributed by atoms with Crippen LogP contribution in [-0.2, 0) is 0 Å². The molecule has 0 saturated carbocycles. The number of halogens is 1. The molecule has 1 atom stereocenters. The number of unbranched alkanes of at least 4 members (excludes halogenated alkanes) is 2. The van der Waals surface area contributed by atoms with Crippen LogP contribution < -0.4 is 0 Å². The molecule has 1 N–H and O–H groups in total. The molecule has 0 amide bonds. The average molecular weight is 399 g/mol. The van der Waals surface area contributed by atoms with Crippen LogP contribution in [0.4, 0.5) is 0 Å². The van der Waals surface area contributed by atoms with Crippen molar-refractivity contribution in [3.63, 3.8) is 0 Å². The van der Waals surface area contributed by atoms with E-state index < -0.39 is 6.10 Å². The predicted octanol–water partition coefficient (Wildman–Crippen LogP) is 5.92. The van der Waals surface area contributed by atoms with Gasteiger partial charge < -0.3 is 5.11 Å². The Hall–Kier alpha value is -1.91. The zero-order chi connectivity index (χ0) is 17.6. The molecule has 130 valence electrons. The molecule has 0 bridgehead atoms. The Balaban J connectivity index is 2.06. The monoisotopic (exact) mass is 398 g/mol. The van der Waals surface area contributed by atoms with E-state index in [2.05, 4.69) is 27.4 Å². The summed E-state index contributed by atoms with van der Waals surface area (Å²) in [5.74, 6) is 0.836. The summed E-state index contributed by atoms with van der Waals surface area (Å²) in [6.45, 7) is 2.17. The van der Waals surface area contributed by atoms with Crippen molar-refractivity contribution in [3.8, 4) is 17.1 Å². The molecule has 0 saturated heterocycles. The van der Waals surface area contributed by atoms with Gasteiger partial charge in [0.2, 0.25) is 0 Å². The molecular formula is C21H23BrN2O. The Bertz CT molecular complexity index is 800. The van der Waals surface area contributed by atoms with Gasteiger partial charge in [0.1, 0.15) is 16.1 Å². The number of aliphatic hydroxyl groups excluding tert-OH is 1. The Morgan fingerprint density at radius 1 is 1.00 bits per heavy atom. The van der Waals surface area contributed by atoms with Gasteiger partial charge in [0.25, 0.3) is 0 Å². The summed E-state index contributed by atoms with van der Waals surface area (Å²) in [6, 6.07) is 20.2. The largest absolute Gasteiger partial charge is 0.387 e. The van der Waals surface area contributed by atoms with Gasteiger partial charge in [-0.2, -0.15) is 0 Å². The summed E-state index contributed by atoms with van der Waals surface area (Å²) in [7, 11) is 0. The summed E-state index contributed by atoms with van der Waals surface area (Å²) in [5, 5.41) is 10.7. The van der Waals surface area contributed by atoms with Crippen molar-refractivity contribution in [3.05, 3.63) is 71.0 Å². The third-order valence-electron chi connectivity index (χ3n) is 4.29. The number of benzene rings is 2. The highest BCUT2D eigenvalue weighted by molar-refractivity contribution is 9.10. The maximum Gasteiger partial charge on any atom is 0.145 e. The maximum atomic E-state index is 10.7. The summed E-state index contributed by atoms with van der Waals surface area (Å²) in [6.07, 6.45) is 3.43. The number of imidazole rings is 1. The summed E-state index contributed by atoms with van der Waals surface area (Å²) in [5.41, 5.74) is 2.76. The number of para-hydroxylation sites is 1. The Morgan fingerprint density at radius 2 is 1.64 bits per heavy atom. The number of nitrogens with zero attached hydrogens (tertiary/aromatic N) is 2. The molecule has 2 aromatic carbocycles. The van der Waals surface area contributed by atoms with Crippen molar-refractivity contribution >= 4 is 15.9 Å². The Labute approximate surface area is 157 Å². The van der Waals surface area contributed by atoms with Gasteiger partial charge in [-0.05, 0) is 34.5 Å². The number of rotatable bonds is 7. The quantitative estimate of drug-likeness (QED) is 0.501. The molecule has 0 aliphatic heterocycles. The number of aliphatic hydroxyl groups is 1. The Kier molecular flexibility index (Phi) is 6.05. The van der Waals surface area contributed by atoms with Crippen molar-refractivity contribution < 1.29 is 5.11 Å². The molecule has 3 nitrogen and oxygen atoms in total.